The van der Waals surface area contributed by atoms with Crippen molar-refractivity contribution in [2.45, 2.75) is 20.3 Å². The first-order valence-electron chi connectivity index (χ1n) is 5.58. The third-order valence-corrected chi connectivity index (χ3v) is 3.73. The molecule has 0 bridgehead atoms. The van der Waals surface area contributed by atoms with Crippen LogP contribution in [0.25, 0.3) is 0 Å². The number of rotatable bonds is 4. The fraction of sp³-hybridized carbons (Fsp3) is 0.500. The molecule has 0 radical (unpaired) electrons. The number of nitro benzene ring substituents is 1. The van der Waals surface area contributed by atoms with Crippen molar-refractivity contribution in [1.82, 2.24) is 0 Å². The van der Waals surface area contributed by atoms with Gasteiger partial charge in [0, 0.05) is 18.7 Å². The minimum atomic E-state index is -0.445. The van der Waals surface area contributed by atoms with Gasteiger partial charge in [-0.1, -0.05) is 25.4 Å². The van der Waals surface area contributed by atoms with Crippen LogP contribution in [0.1, 0.15) is 20.3 Å². The van der Waals surface area contributed by atoms with Crippen LogP contribution in [0, 0.1) is 21.4 Å². The van der Waals surface area contributed by atoms with Gasteiger partial charge in [-0.25, -0.2) is 0 Å². The highest BCUT2D eigenvalue weighted by Crippen LogP contribution is 2.51. The van der Waals surface area contributed by atoms with Gasteiger partial charge in [0.1, 0.15) is 0 Å². The van der Waals surface area contributed by atoms with E-state index in [-0.39, 0.29) is 5.69 Å². The van der Waals surface area contributed by atoms with E-state index in [0.29, 0.717) is 16.4 Å². The van der Waals surface area contributed by atoms with E-state index >= 15 is 0 Å². The molecular weight excluding hydrogens is 240 g/mol. The third-order valence-electron chi connectivity index (χ3n) is 3.42. The molecule has 1 atom stereocenters. The van der Waals surface area contributed by atoms with Crippen molar-refractivity contribution < 1.29 is 4.92 Å². The molecule has 17 heavy (non-hydrogen) atoms. The molecule has 2 rings (SSSR count). The fourth-order valence-electron chi connectivity index (χ4n) is 1.92. The average molecular weight is 255 g/mol. The van der Waals surface area contributed by atoms with Gasteiger partial charge in [-0.05, 0) is 23.8 Å². The van der Waals surface area contributed by atoms with Crippen LogP contribution in [0.4, 0.5) is 11.4 Å². The molecule has 0 heterocycles. The van der Waals surface area contributed by atoms with E-state index in [1.165, 1.54) is 18.6 Å². The molecule has 0 aromatic heterocycles. The van der Waals surface area contributed by atoms with Crippen LogP contribution in [0.5, 0.6) is 0 Å². The lowest BCUT2D eigenvalue weighted by Gasteiger charge is -2.09. The summed E-state index contributed by atoms with van der Waals surface area (Å²) in [4.78, 5) is 10.1. The molecular formula is C12H15ClN2O2. The Labute approximate surface area is 105 Å². The number of nitrogens with zero attached hydrogens (tertiary/aromatic N) is 1. The molecule has 0 amide bonds. The zero-order chi connectivity index (χ0) is 12.6. The number of nitrogens with one attached hydrogen (secondary N) is 1. The van der Waals surface area contributed by atoms with Crippen LogP contribution in [-0.4, -0.2) is 11.5 Å². The zero-order valence-electron chi connectivity index (χ0n) is 9.87. The average Bonchev–Trinajstić information content (AvgIpc) is 2.84. The monoisotopic (exact) mass is 254 g/mol. The Hall–Kier alpha value is -1.29. The van der Waals surface area contributed by atoms with Crippen molar-refractivity contribution in [1.29, 1.82) is 0 Å². The summed E-state index contributed by atoms with van der Waals surface area (Å²) in [6, 6.07) is 4.50. The van der Waals surface area contributed by atoms with E-state index < -0.39 is 4.92 Å². The first kappa shape index (κ1) is 12.2. The molecule has 0 spiro atoms. The van der Waals surface area contributed by atoms with Crippen molar-refractivity contribution >= 4 is 23.0 Å². The smallest absolute Gasteiger partial charge is 0.271 e. The Balaban J connectivity index is 2.00. The maximum atomic E-state index is 10.6. The summed E-state index contributed by atoms with van der Waals surface area (Å²) in [6.45, 7) is 5.33. The highest BCUT2D eigenvalue weighted by atomic mass is 35.5. The van der Waals surface area contributed by atoms with E-state index in [1.54, 1.807) is 6.07 Å². The minimum absolute atomic E-state index is 0.0206. The van der Waals surface area contributed by atoms with E-state index in [4.69, 9.17) is 11.6 Å². The standard InChI is InChI=1S/C12H15ClN2O2/c1-12(2)6-8(12)7-14-11-4-3-9(15(16)17)5-10(11)13/h3-5,8,14H,6-7H2,1-2H3. The molecule has 0 saturated heterocycles. The minimum Gasteiger partial charge on any atom is -0.384 e. The summed E-state index contributed by atoms with van der Waals surface area (Å²) in [6.07, 6.45) is 1.21. The highest BCUT2D eigenvalue weighted by molar-refractivity contribution is 6.33. The number of hydrogen-bond donors (Lipinski definition) is 1. The Morgan fingerprint density at radius 2 is 2.24 bits per heavy atom. The molecule has 1 N–H and O–H groups in total. The van der Waals surface area contributed by atoms with Crippen molar-refractivity contribution in [3.05, 3.63) is 33.3 Å². The Kier molecular flexibility index (Phi) is 3.00. The van der Waals surface area contributed by atoms with Crippen LogP contribution in [-0.2, 0) is 0 Å². The van der Waals surface area contributed by atoms with Crippen molar-refractivity contribution in [2.24, 2.45) is 11.3 Å². The predicted octanol–water partition coefficient (Wildman–Crippen LogP) is 3.71. The summed E-state index contributed by atoms with van der Waals surface area (Å²) in [5.74, 6) is 0.661. The lowest BCUT2D eigenvalue weighted by atomic mass is 10.1. The number of hydrogen-bond acceptors (Lipinski definition) is 3. The molecule has 1 aromatic carbocycles. The second-order valence-corrected chi connectivity index (χ2v) is 5.60. The van der Waals surface area contributed by atoms with Crippen molar-refractivity contribution in [3.8, 4) is 0 Å². The van der Waals surface area contributed by atoms with E-state index in [1.807, 2.05) is 0 Å². The van der Waals surface area contributed by atoms with Crippen LogP contribution in [0.2, 0.25) is 5.02 Å². The van der Waals surface area contributed by atoms with Gasteiger partial charge in [0.15, 0.2) is 0 Å². The molecule has 4 nitrogen and oxygen atoms in total. The molecule has 1 aliphatic carbocycles. The normalized spacial score (nSPS) is 21.0. The Morgan fingerprint density at radius 1 is 1.59 bits per heavy atom. The summed E-state index contributed by atoms with van der Waals surface area (Å²) in [5, 5.41) is 14.2. The van der Waals surface area contributed by atoms with Gasteiger partial charge in [-0.2, -0.15) is 0 Å². The molecule has 1 fully saturated rings. The SMILES string of the molecule is CC1(C)CC1CNc1ccc([N+](=O)[O-])cc1Cl. The quantitative estimate of drug-likeness (QED) is 0.658. The third kappa shape index (κ3) is 2.69. The zero-order valence-corrected chi connectivity index (χ0v) is 10.6. The lowest BCUT2D eigenvalue weighted by Crippen LogP contribution is -2.07. The van der Waals surface area contributed by atoms with Gasteiger partial charge in [0.2, 0.25) is 0 Å². The molecule has 92 valence electrons. The van der Waals surface area contributed by atoms with Gasteiger partial charge in [-0.15, -0.1) is 0 Å². The molecule has 1 aliphatic rings. The van der Waals surface area contributed by atoms with Gasteiger partial charge >= 0.3 is 0 Å². The van der Waals surface area contributed by atoms with Gasteiger partial charge in [0.25, 0.3) is 5.69 Å². The topological polar surface area (TPSA) is 55.2 Å². The largest absolute Gasteiger partial charge is 0.384 e. The molecule has 0 aliphatic heterocycles. The summed E-state index contributed by atoms with van der Waals surface area (Å²) in [5.41, 5.74) is 1.20. The van der Waals surface area contributed by atoms with Crippen molar-refractivity contribution in [3.63, 3.8) is 0 Å². The number of anilines is 1. The number of halogens is 1. The second kappa shape index (κ2) is 4.18. The van der Waals surface area contributed by atoms with Crippen LogP contribution < -0.4 is 5.32 Å². The second-order valence-electron chi connectivity index (χ2n) is 5.19. The number of nitro groups is 1. The molecule has 5 heteroatoms. The molecule has 1 aromatic rings. The first-order valence-corrected chi connectivity index (χ1v) is 5.96. The maximum Gasteiger partial charge on any atom is 0.271 e. The molecule has 1 unspecified atom stereocenters. The summed E-state index contributed by atoms with van der Waals surface area (Å²) < 4.78 is 0. The summed E-state index contributed by atoms with van der Waals surface area (Å²) in [7, 11) is 0. The van der Waals surface area contributed by atoms with E-state index in [0.717, 1.165) is 12.2 Å². The number of benzene rings is 1. The maximum absolute atomic E-state index is 10.6. The van der Waals surface area contributed by atoms with E-state index in [2.05, 4.69) is 19.2 Å². The first-order chi connectivity index (χ1) is 7.90. The van der Waals surface area contributed by atoms with Gasteiger partial charge in [-0.3, -0.25) is 10.1 Å². The number of non-ortho nitro benzene ring substituents is 1. The van der Waals surface area contributed by atoms with E-state index in [9.17, 15) is 10.1 Å². The predicted molar refractivity (Wildman–Crippen MR) is 68.5 cm³/mol. The van der Waals surface area contributed by atoms with Crippen molar-refractivity contribution in [2.75, 3.05) is 11.9 Å². The highest BCUT2D eigenvalue weighted by Gasteiger charge is 2.44. The Morgan fingerprint density at radius 3 is 2.71 bits per heavy atom. The Bertz CT molecular complexity index is 460. The lowest BCUT2D eigenvalue weighted by molar-refractivity contribution is -0.384. The van der Waals surface area contributed by atoms with Gasteiger partial charge in [0.05, 0.1) is 15.6 Å². The summed E-state index contributed by atoms with van der Waals surface area (Å²) >= 11 is 5.98. The van der Waals surface area contributed by atoms with Crippen LogP contribution >= 0.6 is 11.6 Å². The van der Waals surface area contributed by atoms with Crippen LogP contribution in [0.3, 0.4) is 0 Å². The fourth-order valence-corrected chi connectivity index (χ4v) is 2.16. The van der Waals surface area contributed by atoms with Crippen LogP contribution in [0.15, 0.2) is 18.2 Å². The molecule has 1 saturated carbocycles. The van der Waals surface area contributed by atoms with Gasteiger partial charge < -0.3 is 5.32 Å².